The van der Waals surface area contributed by atoms with Gasteiger partial charge in [0.2, 0.25) is 0 Å². The molecule has 3 nitrogen and oxygen atoms in total. The number of nitrogens with zero attached hydrogens (tertiary/aromatic N) is 2. The van der Waals surface area contributed by atoms with Crippen molar-refractivity contribution in [1.82, 2.24) is 10.3 Å². The highest BCUT2D eigenvalue weighted by atomic mass is 32.2. The van der Waals surface area contributed by atoms with Crippen LogP contribution in [0.5, 0.6) is 0 Å². The predicted molar refractivity (Wildman–Crippen MR) is 82.5 cm³/mol. The molecule has 0 radical (unpaired) electrons. The molecule has 0 aromatic carbocycles. The fraction of sp³-hybridized carbons (Fsp3) is 0.643. The fourth-order valence-electron chi connectivity index (χ4n) is 1.72. The summed E-state index contributed by atoms with van der Waals surface area (Å²) in [6.07, 6.45) is 3.35. The third-order valence-electron chi connectivity index (χ3n) is 3.11. The van der Waals surface area contributed by atoms with E-state index in [1.165, 1.54) is 12.2 Å². The Labute approximate surface area is 115 Å². The number of hydrogen-bond acceptors (Lipinski definition) is 4. The molecule has 1 aromatic rings. The molecule has 0 aliphatic heterocycles. The summed E-state index contributed by atoms with van der Waals surface area (Å²) in [4.78, 5) is 6.97. The summed E-state index contributed by atoms with van der Waals surface area (Å²) >= 11 is 1.90. The summed E-state index contributed by atoms with van der Waals surface area (Å²) in [6.45, 7) is 6.19. The summed E-state index contributed by atoms with van der Waals surface area (Å²) in [6, 6.07) is 6.78. The van der Waals surface area contributed by atoms with Gasteiger partial charge in [-0.15, -0.1) is 0 Å². The van der Waals surface area contributed by atoms with Crippen molar-refractivity contribution in [2.24, 2.45) is 0 Å². The lowest BCUT2D eigenvalue weighted by Gasteiger charge is -2.26. The molecular weight excluding hydrogens is 242 g/mol. The Kier molecular flexibility index (Phi) is 7.13. The van der Waals surface area contributed by atoms with Gasteiger partial charge in [-0.3, -0.25) is 0 Å². The number of hydrogen-bond donors (Lipinski definition) is 1. The maximum atomic E-state index is 4.70. The van der Waals surface area contributed by atoms with Crippen molar-refractivity contribution in [3.8, 4) is 0 Å². The molecule has 1 N–H and O–H groups in total. The highest BCUT2D eigenvalue weighted by Gasteiger charge is 2.10. The standard InChI is InChI=1S/C14H25N3S/c1-5-15-11-13-7-6-8-14(16-13)17(3)12(2)9-10-18-4/h6-8,12,15H,5,9-11H2,1-4H3. The van der Waals surface area contributed by atoms with Crippen molar-refractivity contribution in [3.63, 3.8) is 0 Å². The number of rotatable bonds is 8. The van der Waals surface area contributed by atoms with E-state index in [4.69, 9.17) is 4.98 Å². The Morgan fingerprint density at radius 3 is 2.89 bits per heavy atom. The second kappa shape index (κ2) is 8.38. The van der Waals surface area contributed by atoms with Crippen LogP contribution >= 0.6 is 11.8 Å². The lowest BCUT2D eigenvalue weighted by Crippen LogP contribution is -2.30. The minimum atomic E-state index is 0.527. The van der Waals surface area contributed by atoms with Gasteiger partial charge in [0.05, 0.1) is 5.69 Å². The fourth-order valence-corrected chi connectivity index (χ4v) is 2.30. The quantitative estimate of drug-likeness (QED) is 0.784. The SMILES string of the molecule is CCNCc1cccc(N(C)C(C)CCSC)n1. The Balaban J connectivity index is 2.63. The Bertz CT molecular complexity index is 344. The van der Waals surface area contributed by atoms with Crippen molar-refractivity contribution in [1.29, 1.82) is 0 Å². The normalized spacial score (nSPS) is 12.4. The molecule has 1 unspecified atom stereocenters. The summed E-state index contributed by atoms with van der Waals surface area (Å²) in [5.74, 6) is 2.27. The first-order valence-corrected chi connectivity index (χ1v) is 7.96. The molecule has 0 saturated heterocycles. The molecule has 1 aromatic heterocycles. The lowest BCUT2D eigenvalue weighted by atomic mass is 10.2. The van der Waals surface area contributed by atoms with Gasteiger partial charge in [-0.2, -0.15) is 11.8 Å². The summed E-state index contributed by atoms with van der Waals surface area (Å²) in [5.41, 5.74) is 1.11. The molecule has 102 valence electrons. The molecule has 18 heavy (non-hydrogen) atoms. The third-order valence-corrected chi connectivity index (χ3v) is 3.75. The van der Waals surface area contributed by atoms with Crippen molar-refractivity contribution in [2.45, 2.75) is 32.9 Å². The molecule has 0 fully saturated rings. The van der Waals surface area contributed by atoms with Crippen LogP contribution in [0.25, 0.3) is 0 Å². The number of nitrogens with one attached hydrogen (secondary N) is 1. The third kappa shape index (κ3) is 4.86. The molecule has 1 rings (SSSR count). The molecule has 0 spiro atoms. The van der Waals surface area contributed by atoms with Gasteiger partial charge < -0.3 is 10.2 Å². The van der Waals surface area contributed by atoms with Gasteiger partial charge in [0, 0.05) is 19.6 Å². The second-order valence-electron chi connectivity index (χ2n) is 4.51. The largest absolute Gasteiger partial charge is 0.357 e. The Morgan fingerprint density at radius 2 is 2.22 bits per heavy atom. The summed E-state index contributed by atoms with van der Waals surface area (Å²) in [7, 11) is 2.13. The number of pyridine rings is 1. The predicted octanol–water partition coefficient (Wildman–Crippen LogP) is 2.77. The minimum absolute atomic E-state index is 0.527. The molecule has 0 aliphatic carbocycles. The van der Waals surface area contributed by atoms with Gasteiger partial charge in [-0.25, -0.2) is 4.98 Å². The first-order chi connectivity index (χ1) is 8.69. The van der Waals surface area contributed by atoms with Gasteiger partial charge in [-0.1, -0.05) is 13.0 Å². The molecular formula is C14H25N3S. The first kappa shape index (κ1) is 15.3. The summed E-state index contributed by atoms with van der Waals surface area (Å²) in [5, 5.41) is 3.31. The Hall–Kier alpha value is -0.740. The topological polar surface area (TPSA) is 28.2 Å². The molecule has 0 saturated carbocycles. The molecule has 4 heteroatoms. The van der Waals surface area contributed by atoms with Crippen molar-refractivity contribution < 1.29 is 0 Å². The minimum Gasteiger partial charge on any atom is -0.357 e. The van der Waals surface area contributed by atoms with E-state index in [9.17, 15) is 0 Å². The second-order valence-corrected chi connectivity index (χ2v) is 5.49. The maximum Gasteiger partial charge on any atom is 0.128 e. The van der Waals surface area contributed by atoms with Crippen LogP contribution in [-0.2, 0) is 6.54 Å². The van der Waals surface area contributed by atoms with Gasteiger partial charge in [0.15, 0.2) is 0 Å². The van der Waals surface area contributed by atoms with Crippen LogP contribution in [0.15, 0.2) is 18.2 Å². The van der Waals surface area contributed by atoms with Crippen LogP contribution in [0, 0.1) is 0 Å². The average molecular weight is 267 g/mol. The van der Waals surface area contributed by atoms with Crippen LogP contribution in [0.4, 0.5) is 5.82 Å². The summed E-state index contributed by atoms with van der Waals surface area (Å²) < 4.78 is 0. The first-order valence-electron chi connectivity index (χ1n) is 6.57. The average Bonchev–Trinajstić information content (AvgIpc) is 2.42. The molecule has 1 heterocycles. The van der Waals surface area contributed by atoms with Gasteiger partial charge in [-0.05, 0) is 44.0 Å². The van der Waals surface area contributed by atoms with E-state index in [-0.39, 0.29) is 0 Å². The van der Waals surface area contributed by atoms with Gasteiger partial charge in [0.25, 0.3) is 0 Å². The zero-order chi connectivity index (χ0) is 13.4. The number of aromatic nitrogens is 1. The molecule has 0 amide bonds. The van der Waals surface area contributed by atoms with E-state index in [0.717, 1.165) is 24.6 Å². The van der Waals surface area contributed by atoms with Crippen LogP contribution in [-0.4, -0.2) is 36.6 Å². The van der Waals surface area contributed by atoms with E-state index in [1.807, 2.05) is 11.8 Å². The van der Waals surface area contributed by atoms with Crippen LogP contribution in [0.3, 0.4) is 0 Å². The van der Waals surface area contributed by atoms with Crippen molar-refractivity contribution in [3.05, 3.63) is 23.9 Å². The maximum absolute atomic E-state index is 4.70. The molecule has 0 bridgehead atoms. The monoisotopic (exact) mass is 267 g/mol. The molecule has 0 aliphatic rings. The van der Waals surface area contributed by atoms with Crippen molar-refractivity contribution >= 4 is 17.6 Å². The van der Waals surface area contributed by atoms with E-state index >= 15 is 0 Å². The highest BCUT2D eigenvalue weighted by molar-refractivity contribution is 7.98. The zero-order valence-corrected chi connectivity index (χ0v) is 12.8. The van der Waals surface area contributed by atoms with Crippen LogP contribution in [0.1, 0.15) is 26.0 Å². The van der Waals surface area contributed by atoms with Gasteiger partial charge >= 0.3 is 0 Å². The smallest absolute Gasteiger partial charge is 0.128 e. The highest BCUT2D eigenvalue weighted by Crippen LogP contribution is 2.15. The van der Waals surface area contributed by atoms with E-state index < -0.39 is 0 Å². The van der Waals surface area contributed by atoms with Gasteiger partial charge in [0.1, 0.15) is 5.82 Å². The van der Waals surface area contributed by atoms with Crippen LogP contribution < -0.4 is 10.2 Å². The van der Waals surface area contributed by atoms with E-state index in [2.05, 4.69) is 55.6 Å². The van der Waals surface area contributed by atoms with E-state index in [0.29, 0.717) is 6.04 Å². The van der Waals surface area contributed by atoms with E-state index in [1.54, 1.807) is 0 Å². The lowest BCUT2D eigenvalue weighted by molar-refractivity contribution is 0.656. The van der Waals surface area contributed by atoms with Crippen LogP contribution in [0.2, 0.25) is 0 Å². The number of thioether (sulfide) groups is 1. The van der Waals surface area contributed by atoms with Crippen molar-refractivity contribution in [2.75, 3.05) is 30.5 Å². The Morgan fingerprint density at radius 1 is 1.44 bits per heavy atom. The number of anilines is 1. The molecule has 1 atom stereocenters. The zero-order valence-electron chi connectivity index (χ0n) is 11.9.